The topological polar surface area (TPSA) is 59.6 Å². The van der Waals surface area contributed by atoms with Gasteiger partial charge in [0.05, 0.1) is 22.5 Å². The van der Waals surface area contributed by atoms with Gasteiger partial charge in [-0.15, -0.1) is 0 Å². The number of carbonyl (C=O) groups excluding carboxylic acids is 1. The summed E-state index contributed by atoms with van der Waals surface area (Å²) in [5.41, 5.74) is -1.04. The molecule has 2 aromatic carbocycles. The Kier molecular flexibility index (Phi) is 11.4. The van der Waals surface area contributed by atoms with E-state index in [9.17, 15) is 31.1 Å². The number of halogens is 6. The summed E-state index contributed by atoms with van der Waals surface area (Å²) in [5.74, 6) is -3.54. The van der Waals surface area contributed by atoms with Crippen LogP contribution in [0.15, 0.2) is 24.3 Å². The summed E-state index contributed by atoms with van der Waals surface area (Å²) >= 11 is 0. The van der Waals surface area contributed by atoms with Gasteiger partial charge in [0.1, 0.15) is 25.0 Å². The predicted molar refractivity (Wildman–Crippen MR) is 104 cm³/mol. The van der Waals surface area contributed by atoms with Gasteiger partial charge in [-0.25, -0.2) is 26.3 Å². The first-order chi connectivity index (χ1) is 14.9. The maximum Gasteiger partial charge on any atom is 0.188 e. The van der Waals surface area contributed by atoms with E-state index < -0.39 is 48.5 Å². The molecule has 0 aliphatic carbocycles. The third kappa shape index (κ3) is 7.14. The van der Waals surface area contributed by atoms with Crippen molar-refractivity contribution in [1.29, 1.82) is 0 Å². The number of aldehydes is 1. The molecule has 5 nitrogen and oxygen atoms in total. The van der Waals surface area contributed by atoms with Crippen LogP contribution in [0.1, 0.15) is 22.2 Å². The van der Waals surface area contributed by atoms with Gasteiger partial charge in [0.25, 0.3) is 0 Å². The zero-order chi connectivity index (χ0) is 23.4. The second kappa shape index (κ2) is 13.5. The molecule has 0 saturated heterocycles. The lowest BCUT2D eigenvalue weighted by molar-refractivity contribution is -0.109. The second-order valence-electron chi connectivity index (χ2n) is 5.80. The van der Waals surface area contributed by atoms with Crippen LogP contribution >= 0.6 is 0 Å². The summed E-state index contributed by atoms with van der Waals surface area (Å²) in [6.45, 7) is -1.45. The van der Waals surface area contributed by atoms with Crippen molar-refractivity contribution in [3.8, 4) is 0 Å². The Balaban J connectivity index is 0.000000316. The number of methoxy groups -OCH3 is 2. The highest BCUT2D eigenvalue weighted by atomic mass is 19.2. The number of anilines is 2. The van der Waals surface area contributed by atoms with Crippen molar-refractivity contribution >= 4 is 17.7 Å². The fourth-order valence-corrected chi connectivity index (χ4v) is 2.43. The lowest BCUT2D eigenvalue weighted by Crippen LogP contribution is -2.12. The highest BCUT2D eigenvalue weighted by Crippen LogP contribution is 2.28. The molecule has 0 spiro atoms. The molecule has 172 valence electrons. The molecule has 0 aliphatic heterocycles. The van der Waals surface area contributed by atoms with Gasteiger partial charge in [-0.1, -0.05) is 0 Å². The maximum absolute atomic E-state index is 13.9. The van der Waals surface area contributed by atoms with Gasteiger partial charge in [-0.3, -0.25) is 4.79 Å². The summed E-state index contributed by atoms with van der Waals surface area (Å²) in [5, 5.41) is 4.89. The van der Waals surface area contributed by atoms with E-state index in [0.29, 0.717) is 0 Å². The predicted octanol–water partition coefficient (Wildman–Crippen LogP) is 4.80. The number of rotatable bonds is 10. The van der Waals surface area contributed by atoms with Crippen molar-refractivity contribution in [2.45, 2.75) is 6.29 Å². The van der Waals surface area contributed by atoms with E-state index in [0.717, 1.165) is 18.2 Å². The number of ether oxygens (including phenoxy) is 2. The molecule has 0 atom stereocenters. The molecule has 2 N–H and O–H groups in total. The molecular formula is C20H22F6N2O3. The summed E-state index contributed by atoms with van der Waals surface area (Å²) in [7, 11) is 2.55. The Morgan fingerprint density at radius 3 is 1.77 bits per heavy atom. The van der Waals surface area contributed by atoms with Crippen molar-refractivity contribution in [3.63, 3.8) is 0 Å². The van der Waals surface area contributed by atoms with Crippen LogP contribution in [0.3, 0.4) is 0 Å². The van der Waals surface area contributed by atoms with Crippen molar-refractivity contribution in [3.05, 3.63) is 58.7 Å². The molecule has 2 aromatic rings. The van der Waals surface area contributed by atoms with Crippen molar-refractivity contribution < 1.29 is 40.6 Å². The smallest absolute Gasteiger partial charge is 0.188 e. The van der Waals surface area contributed by atoms with Crippen LogP contribution in [0.2, 0.25) is 0 Å². The van der Waals surface area contributed by atoms with E-state index >= 15 is 0 Å². The van der Waals surface area contributed by atoms with E-state index in [1.54, 1.807) is 0 Å². The highest BCUT2D eigenvalue weighted by molar-refractivity contribution is 5.78. The molecule has 0 aromatic heterocycles. The van der Waals surface area contributed by atoms with Crippen LogP contribution in [0.25, 0.3) is 0 Å². The Morgan fingerprint density at radius 1 is 0.839 bits per heavy atom. The largest absolute Gasteiger partial charge is 0.380 e. The first-order valence-electron chi connectivity index (χ1n) is 8.92. The molecule has 31 heavy (non-hydrogen) atoms. The minimum Gasteiger partial charge on any atom is -0.380 e. The van der Waals surface area contributed by atoms with Crippen LogP contribution in [0.5, 0.6) is 0 Å². The van der Waals surface area contributed by atoms with Gasteiger partial charge >= 0.3 is 0 Å². The second-order valence-corrected chi connectivity index (χ2v) is 5.80. The number of hydrogen-bond donors (Lipinski definition) is 2. The van der Waals surface area contributed by atoms with E-state index in [1.807, 2.05) is 0 Å². The molecule has 0 heterocycles. The molecule has 11 heteroatoms. The van der Waals surface area contributed by atoms with Crippen molar-refractivity contribution in [2.75, 3.05) is 51.3 Å². The monoisotopic (exact) mass is 452 g/mol. The molecule has 0 radical (unpaired) electrons. The first kappa shape index (κ1) is 26.2. The maximum atomic E-state index is 13.9. The minimum atomic E-state index is -1.14. The standard InChI is InChI=1S/C11H14F3NO2.C9H8F3NO/c1-16-11(17-2)9-7(13)3-4-8(10(9)14)15-6-5-12;10-3-4-13-8-2-1-7(11)6(5-14)9(8)12/h3-4,11,15H,5-6H2,1-2H3;1-2,5,13H,3-4H2. The Labute approximate surface area is 175 Å². The average molecular weight is 452 g/mol. The number of alkyl halides is 2. The highest BCUT2D eigenvalue weighted by Gasteiger charge is 2.22. The van der Waals surface area contributed by atoms with Crippen LogP contribution < -0.4 is 10.6 Å². The molecule has 0 amide bonds. The van der Waals surface area contributed by atoms with Gasteiger partial charge < -0.3 is 20.1 Å². The summed E-state index contributed by atoms with van der Waals surface area (Å²) in [6, 6.07) is 4.34. The molecule has 0 saturated carbocycles. The SMILES string of the molecule is COC(OC)c1c(F)ccc(NCCF)c1F.O=Cc1c(F)ccc(NCCF)c1F. The zero-order valence-corrected chi connectivity index (χ0v) is 16.8. The van der Waals surface area contributed by atoms with E-state index in [-0.39, 0.29) is 36.3 Å². The summed E-state index contributed by atoms with van der Waals surface area (Å²) in [4.78, 5) is 10.3. The summed E-state index contributed by atoms with van der Waals surface area (Å²) < 4.78 is 86.7. The van der Waals surface area contributed by atoms with E-state index in [1.165, 1.54) is 20.3 Å². The number of benzene rings is 2. The molecular weight excluding hydrogens is 430 g/mol. The Hall–Kier alpha value is -2.79. The molecule has 0 aliphatic rings. The fourth-order valence-electron chi connectivity index (χ4n) is 2.43. The Morgan fingerprint density at radius 2 is 1.32 bits per heavy atom. The van der Waals surface area contributed by atoms with Gasteiger partial charge in [0.15, 0.2) is 24.2 Å². The quantitative estimate of drug-likeness (QED) is 0.308. The van der Waals surface area contributed by atoms with Gasteiger partial charge in [-0.2, -0.15) is 0 Å². The first-order valence-corrected chi connectivity index (χ1v) is 8.92. The lowest BCUT2D eigenvalue weighted by Gasteiger charge is -2.17. The van der Waals surface area contributed by atoms with Crippen molar-refractivity contribution in [1.82, 2.24) is 0 Å². The zero-order valence-electron chi connectivity index (χ0n) is 16.8. The van der Waals surface area contributed by atoms with E-state index in [2.05, 4.69) is 10.6 Å². The average Bonchev–Trinajstić information content (AvgIpc) is 2.76. The third-order valence-electron chi connectivity index (χ3n) is 3.85. The number of hydrogen-bond acceptors (Lipinski definition) is 5. The van der Waals surface area contributed by atoms with E-state index in [4.69, 9.17) is 9.47 Å². The Bertz CT molecular complexity index is 850. The fraction of sp³-hybridized carbons (Fsp3) is 0.350. The molecule has 0 bridgehead atoms. The normalized spacial score (nSPS) is 10.5. The molecule has 0 fully saturated rings. The van der Waals surface area contributed by atoms with Crippen LogP contribution in [0, 0.1) is 23.3 Å². The van der Waals surface area contributed by atoms with Gasteiger partial charge in [0, 0.05) is 27.3 Å². The number of carbonyl (C=O) groups is 1. The number of nitrogens with one attached hydrogen (secondary N) is 2. The summed E-state index contributed by atoms with van der Waals surface area (Å²) in [6.07, 6.45) is -1.05. The minimum absolute atomic E-state index is 0.0122. The van der Waals surface area contributed by atoms with Crippen LogP contribution in [-0.4, -0.2) is 46.9 Å². The molecule has 2 rings (SSSR count). The molecule has 0 unspecified atom stereocenters. The van der Waals surface area contributed by atoms with Crippen molar-refractivity contribution in [2.24, 2.45) is 0 Å². The van der Waals surface area contributed by atoms with Gasteiger partial charge in [0.2, 0.25) is 0 Å². The van der Waals surface area contributed by atoms with Crippen LogP contribution in [0.4, 0.5) is 37.7 Å². The van der Waals surface area contributed by atoms with Gasteiger partial charge in [-0.05, 0) is 24.3 Å². The van der Waals surface area contributed by atoms with Crippen LogP contribution in [-0.2, 0) is 9.47 Å². The third-order valence-corrected chi connectivity index (χ3v) is 3.85. The lowest BCUT2D eigenvalue weighted by atomic mass is 10.1.